The number of carbonyl (C=O) groups excluding carboxylic acids is 1. The van der Waals surface area contributed by atoms with E-state index in [9.17, 15) is 4.79 Å². The summed E-state index contributed by atoms with van der Waals surface area (Å²) in [5, 5.41) is 6.78. The predicted octanol–water partition coefficient (Wildman–Crippen LogP) is 2.90. The Morgan fingerprint density at radius 1 is 1.28 bits per heavy atom. The van der Waals surface area contributed by atoms with Gasteiger partial charge in [0.15, 0.2) is 5.96 Å². The lowest BCUT2D eigenvalue weighted by Gasteiger charge is -2.32. The predicted molar refractivity (Wildman–Crippen MR) is 112 cm³/mol. The van der Waals surface area contributed by atoms with E-state index in [2.05, 4.69) is 46.8 Å². The second kappa shape index (κ2) is 11.2. The van der Waals surface area contributed by atoms with Gasteiger partial charge in [0, 0.05) is 32.7 Å². The number of ether oxygens (including phenoxy) is 1. The first-order valence-corrected chi connectivity index (χ1v) is 8.56. The molecule has 1 amide bonds. The maximum absolute atomic E-state index is 11.7. The summed E-state index contributed by atoms with van der Waals surface area (Å²) in [5.74, 6) is 0.796. The minimum atomic E-state index is -0.210. The summed E-state index contributed by atoms with van der Waals surface area (Å²) in [4.78, 5) is 17.8. The quantitative estimate of drug-likeness (QED) is 0.412. The molecule has 1 saturated heterocycles. The molecule has 0 aromatic heterocycles. The number of hydrogen-bond acceptors (Lipinski definition) is 3. The van der Waals surface area contributed by atoms with Gasteiger partial charge in [-0.1, -0.05) is 29.8 Å². The van der Waals surface area contributed by atoms with E-state index in [1.807, 2.05) is 6.92 Å². The molecular formula is C18H29IN4O2. The van der Waals surface area contributed by atoms with Crippen LogP contribution in [-0.2, 0) is 11.3 Å². The van der Waals surface area contributed by atoms with Gasteiger partial charge in [0.25, 0.3) is 0 Å². The van der Waals surface area contributed by atoms with Crippen molar-refractivity contribution in [2.75, 3.05) is 26.7 Å². The number of benzene rings is 1. The van der Waals surface area contributed by atoms with Crippen LogP contribution in [0.15, 0.2) is 29.3 Å². The molecule has 0 atom stereocenters. The van der Waals surface area contributed by atoms with Crippen LogP contribution in [0.3, 0.4) is 0 Å². The zero-order valence-corrected chi connectivity index (χ0v) is 17.6. The summed E-state index contributed by atoms with van der Waals surface area (Å²) in [6.07, 6.45) is 1.58. The molecule has 2 rings (SSSR count). The molecule has 140 valence electrons. The Bertz CT molecular complexity index is 555. The topological polar surface area (TPSA) is 66.0 Å². The van der Waals surface area contributed by atoms with Gasteiger partial charge >= 0.3 is 6.09 Å². The highest BCUT2D eigenvalue weighted by molar-refractivity contribution is 14.0. The second-order valence-corrected chi connectivity index (χ2v) is 6.02. The molecule has 7 heteroatoms. The molecule has 25 heavy (non-hydrogen) atoms. The molecule has 2 N–H and O–H groups in total. The molecule has 0 bridgehead atoms. The molecule has 0 spiro atoms. The Balaban J connectivity index is 0.00000312. The van der Waals surface area contributed by atoms with Gasteiger partial charge in [0.05, 0.1) is 6.61 Å². The van der Waals surface area contributed by atoms with E-state index in [4.69, 9.17) is 4.74 Å². The van der Waals surface area contributed by atoms with E-state index < -0.39 is 0 Å². The van der Waals surface area contributed by atoms with Gasteiger partial charge in [-0.05, 0) is 32.3 Å². The molecule has 6 nitrogen and oxygen atoms in total. The highest BCUT2D eigenvalue weighted by atomic mass is 127. The van der Waals surface area contributed by atoms with Crippen molar-refractivity contribution in [1.29, 1.82) is 0 Å². The number of aryl methyl sites for hydroxylation is 1. The van der Waals surface area contributed by atoms with Gasteiger partial charge < -0.3 is 20.3 Å². The van der Waals surface area contributed by atoms with Crippen LogP contribution in [0.2, 0.25) is 0 Å². The number of piperidine rings is 1. The lowest BCUT2D eigenvalue weighted by molar-refractivity contribution is 0.0963. The number of halogens is 1. The third kappa shape index (κ3) is 7.09. The van der Waals surface area contributed by atoms with E-state index in [-0.39, 0.29) is 30.1 Å². The van der Waals surface area contributed by atoms with E-state index in [0.29, 0.717) is 25.7 Å². The molecule has 0 saturated carbocycles. The average molecular weight is 460 g/mol. The minimum absolute atomic E-state index is 0. The highest BCUT2D eigenvalue weighted by Gasteiger charge is 2.23. The summed E-state index contributed by atoms with van der Waals surface area (Å²) < 4.78 is 5.05. The summed E-state index contributed by atoms with van der Waals surface area (Å²) in [6.45, 7) is 6.50. The molecule has 0 unspecified atom stereocenters. The lowest BCUT2D eigenvalue weighted by Crippen LogP contribution is -2.49. The summed E-state index contributed by atoms with van der Waals surface area (Å²) in [7, 11) is 1.78. The molecule has 1 aromatic rings. The van der Waals surface area contributed by atoms with E-state index >= 15 is 0 Å². The minimum Gasteiger partial charge on any atom is -0.450 e. The third-order valence-corrected chi connectivity index (χ3v) is 4.17. The molecular weight excluding hydrogens is 431 g/mol. The number of nitrogens with one attached hydrogen (secondary N) is 2. The molecule has 0 radical (unpaired) electrons. The third-order valence-electron chi connectivity index (χ3n) is 4.17. The van der Waals surface area contributed by atoms with Gasteiger partial charge in [0.2, 0.25) is 0 Å². The van der Waals surface area contributed by atoms with Crippen LogP contribution in [0.5, 0.6) is 0 Å². The fraction of sp³-hybridized carbons (Fsp3) is 0.556. The van der Waals surface area contributed by atoms with E-state index in [1.165, 1.54) is 11.1 Å². The summed E-state index contributed by atoms with van der Waals surface area (Å²) >= 11 is 0. The van der Waals surface area contributed by atoms with Gasteiger partial charge in [0.1, 0.15) is 0 Å². The van der Waals surface area contributed by atoms with Crippen molar-refractivity contribution in [2.24, 2.45) is 4.99 Å². The zero-order valence-electron chi connectivity index (χ0n) is 15.2. The fourth-order valence-corrected chi connectivity index (χ4v) is 2.70. The van der Waals surface area contributed by atoms with Crippen molar-refractivity contribution < 1.29 is 9.53 Å². The molecule has 1 aromatic carbocycles. The monoisotopic (exact) mass is 460 g/mol. The number of amides is 1. The van der Waals surface area contributed by atoms with Gasteiger partial charge in [-0.3, -0.25) is 4.99 Å². The Morgan fingerprint density at radius 2 is 1.92 bits per heavy atom. The van der Waals surface area contributed by atoms with E-state index in [1.54, 1.807) is 11.9 Å². The summed E-state index contributed by atoms with van der Waals surface area (Å²) in [5.41, 5.74) is 2.48. The largest absolute Gasteiger partial charge is 0.450 e. The molecule has 1 heterocycles. The highest BCUT2D eigenvalue weighted by Crippen LogP contribution is 2.11. The molecule has 0 aliphatic carbocycles. The van der Waals surface area contributed by atoms with Crippen LogP contribution in [0, 0.1) is 6.92 Å². The van der Waals surface area contributed by atoms with Crippen molar-refractivity contribution in [2.45, 2.75) is 39.3 Å². The number of aliphatic imine (C=N–C) groups is 1. The van der Waals surface area contributed by atoms with Crippen LogP contribution < -0.4 is 10.6 Å². The van der Waals surface area contributed by atoms with Crippen LogP contribution in [-0.4, -0.2) is 49.7 Å². The summed E-state index contributed by atoms with van der Waals surface area (Å²) in [6, 6.07) is 8.78. The Morgan fingerprint density at radius 3 is 2.48 bits per heavy atom. The van der Waals surface area contributed by atoms with Crippen molar-refractivity contribution in [3.63, 3.8) is 0 Å². The lowest BCUT2D eigenvalue weighted by atomic mass is 10.1. The van der Waals surface area contributed by atoms with Crippen molar-refractivity contribution in [3.05, 3.63) is 35.4 Å². The van der Waals surface area contributed by atoms with Gasteiger partial charge in [-0.2, -0.15) is 0 Å². The first-order chi connectivity index (χ1) is 11.6. The van der Waals surface area contributed by atoms with Crippen molar-refractivity contribution in [1.82, 2.24) is 15.5 Å². The van der Waals surface area contributed by atoms with Crippen molar-refractivity contribution in [3.8, 4) is 0 Å². The Hall–Kier alpha value is -1.51. The van der Waals surface area contributed by atoms with Crippen LogP contribution in [0.25, 0.3) is 0 Å². The Labute approximate surface area is 167 Å². The molecule has 1 aliphatic heterocycles. The number of likely N-dealkylation sites (tertiary alicyclic amines) is 1. The number of rotatable bonds is 4. The standard InChI is InChI=1S/C18H28N4O2.HI/c1-4-24-18(23)22-11-9-16(10-12-22)21-17(19-3)20-13-15-7-5-14(2)6-8-15;/h5-8,16H,4,9-13H2,1-3H3,(H2,19,20,21);1H. The fourth-order valence-electron chi connectivity index (χ4n) is 2.70. The zero-order chi connectivity index (χ0) is 17.4. The van der Waals surface area contributed by atoms with Crippen LogP contribution in [0.1, 0.15) is 30.9 Å². The van der Waals surface area contributed by atoms with Crippen molar-refractivity contribution >= 4 is 36.0 Å². The molecule has 1 aliphatic rings. The van der Waals surface area contributed by atoms with Crippen LogP contribution >= 0.6 is 24.0 Å². The number of carbonyl (C=O) groups is 1. The SMILES string of the molecule is CCOC(=O)N1CCC(NC(=NC)NCc2ccc(C)cc2)CC1.I. The maximum atomic E-state index is 11.7. The van der Waals surface area contributed by atoms with Gasteiger partial charge in [-0.15, -0.1) is 24.0 Å². The number of guanidine groups is 1. The molecule has 1 fully saturated rings. The van der Waals surface area contributed by atoms with Gasteiger partial charge in [-0.25, -0.2) is 4.79 Å². The van der Waals surface area contributed by atoms with Crippen LogP contribution in [0.4, 0.5) is 4.79 Å². The second-order valence-electron chi connectivity index (χ2n) is 6.02. The normalized spacial score (nSPS) is 15.3. The average Bonchev–Trinajstić information content (AvgIpc) is 2.60. The first-order valence-electron chi connectivity index (χ1n) is 8.56. The van der Waals surface area contributed by atoms with E-state index in [0.717, 1.165) is 25.3 Å². The Kier molecular flexibility index (Phi) is 9.62. The number of nitrogens with zero attached hydrogens (tertiary/aromatic N) is 2. The maximum Gasteiger partial charge on any atom is 0.409 e. The smallest absolute Gasteiger partial charge is 0.409 e. The first kappa shape index (κ1) is 21.5. The number of hydrogen-bond donors (Lipinski definition) is 2.